The van der Waals surface area contributed by atoms with E-state index < -0.39 is 0 Å². The van der Waals surface area contributed by atoms with E-state index in [0.717, 1.165) is 27.5 Å². The Labute approximate surface area is 182 Å². The first-order valence-corrected chi connectivity index (χ1v) is 10.8. The van der Waals surface area contributed by atoms with Gasteiger partial charge in [-0.25, -0.2) is 4.57 Å². The Kier molecular flexibility index (Phi) is 4.81. The van der Waals surface area contributed by atoms with E-state index in [1.54, 1.807) is 16.3 Å². The fourth-order valence-corrected chi connectivity index (χ4v) is 4.57. The molecule has 5 aromatic rings. The highest BCUT2D eigenvalue weighted by Crippen LogP contribution is 2.26. The van der Waals surface area contributed by atoms with Crippen molar-refractivity contribution in [3.8, 4) is 5.69 Å². The van der Waals surface area contributed by atoms with Crippen molar-refractivity contribution in [2.24, 2.45) is 0 Å². The van der Waals surface area contributed by atoms with Gasteiger partial charge >= 0.3 is 0 Å². The van der Waals surface area contributed by atoms with Gasteiger partial charge in [0.1, 0.15) is 0 Å². The topological polar surface area (TPSA) is 52.2 Å². The lowest BCUT2D eigenvalue weighted by Gasteiger charge is -2.11. The van der Waals surface area contributed by atoms with Gasteiger partial charge in [-0.1, -0.05) is 65.3 Å². The molecule has 5 rings (SSSR count). The van der Waals surface area contributed by atoms with Crippen LogP contribution in [-0.2, 0) is 5.75 Å². The molecule has 0 radical (unpaired) electrons. The molecule has 0 unspecified atom stereocenters. The molecule has 0 amide bonds. The number of rotatable bonds is 4. The third-order valence-electron chi connectivity index (χ3n) is 4.94. The molecule has 0 spiro atoms. The van der Waals surface area contributed by atoms with E-state index in [-0.39, 0.29) is 5.56 Å². The molecular weight excluding hydrogens is 416 g/mol. The lowest BCUT2D eigenvalue weighted by molar-refractivity contribution is 0.930. The smallest absolute Gasteiger partial charge is 0.267 e. The van der Waals surface area contributed by atoms with E-state index in [0.29, 0.717) is 21.9 Å². The van der Waals surface area contributed by atoms with Gasteiger partial charge < -0.3 is 0 Å². The first kappa shape index (κ1) is 18.9. The predicted molar refractivity (Wildman–Crippen MR) is 122 cm³/mol. The number of halogens is 1. The maximum Gasteiger partial charge on any atom is 0.267 e. The fourth-order valence-electron chi connectivity index (χ4n) is 3.47. The van der Waals surface area contributed by atoms with Crippen molar-refractivity contribution in [1.82, 2.24) is 19.2 Å². The number of aromatic nitrogens is 4. The first-order valence-electron chi connectivity index (χ1n) is 9.45. The molecule has 2 heterocycles. The van der Waals surface area contributed by atoms with Crippen LogP contribution in [0.1, 0.15) is 11.1 Å². The van der Waals surface area contributed by atoms with Gasteiger partial charge in [0.15, 0.2) is 5.16 Å². The third-order valence-corrected chi connectivity index (χ3v) is 6.18. The van der Waals surface area contributed by atoms with Crippen molar-refractivity contribution < 1.29 is 0 Å². The Morgan fingerprint density at radius 1 is 0.967 bits per heavy atom. The van der Waals surface area contributed by atoms with Crippen molar-refractivity contribution in [3.63, 3.8) is 0 Å². The van der Waals surface area contributed by atoms with E-state index >= 15 is 0 Å². The average molecular weight is 433 g/mol. The summed E-state index contributed by atoms with van der Waals surface area (Å²) >= 11 is 7.68. The van der Waals surface area contributed by atoms with Crippen molar-refractivity contribution in [3.05, 3.63) is 99.3 Å². The normalized spacial score (nSPS) is 11.4. The fraction of sp³-hybridized carbons (Fsp3) is 0.0870. The lowest BCUT2D eigenvalue weighted by atomic mass is 10.2. The molecule has 5 nitrogen and oxygen atoms in total. The van der Waals surface area contributed by atoms with Crippen LogP contribution in [0.2, 0.25) is 5.02 Å². The molecule has 0 aliphatic heterocycles. The van der Waals surface area contributed by atoms with Crippen LogP contribution in [0, 0.1) is 6.92 Å². The number of hydrogen-bond donors (Lipinski definition) is 0. The second-order valence-corrected chi connectivity index (χ2v) is 8.41. The highest BCUT2D eigenvalue weighted by molar-refractivity contribution is 7.98. The van der Waals surface area contributed by atoms with Crippen molar-refractivity contribution in [2.75, 3.05) is 0 Å². The van der Waals surface area contributed by atoms with Crippen LogP contribution in [0.3, 0.4) is 0 Å². The minimum Gasteiger partial charge on any atom is -0.268 e. The van der Waals surface area contributed by atoms with Crippen LogP contribution in [0.5, 0.6) is 0 Å². The van der Waals surface area contributed by atoms with E-state index in [1.807, 2.05) is 84.1 Å². The summed E-state index contributed by atoms with van der Waals surface area (Å²) in [7, 11) is 0. The van der Waals surface area contributed by atoms with Gasteiger partial charge in [-0.15, -0.1) is 10.2 Å². The van der Waals surface area contributed by atoms with E-state index in [2.05, 4.69) is 10.2 Å². The highest BCUT2D eigenvalue weighted by atomic mass is 35.5. The summed E-state index contributed by atoms with van der Waals surface area (Å²) < 4.78 is 3.57. The molecule has 148 valence electrons. The molecule has 0 aliphatic carbocycles. The van der Waals surface area contributed by atoms with Gasteiger partial charge in [0.2, 0.25) is 5.78 Å². The number of para-hydroxylation sites is 1. The second-order valence-electron chi connectivity index (χ2n) is 7.03. The lowest BCUT2D eigenvalue weighted by Crippen LogP contribution is -2.21. The van der Waals surface area contributed by atoms with Crippen LogP contribution in [-0.4, -0.2) is 19.2 Å². The van der Waals surface area contributed by atoms with Crippen LogP contribution in [0.25, 0.3) is 22.4 Å². The van der Waals surface area contributed by atoms with Gasteiger partial charge in [-0.05, 0) is 48.9 Å². The maximum atomic E-state index is 13.3. The number of hydrogen-bond acceptors (Lipinski definition) is 4. The Bertz CT molecular complexity index is 1440. The summed E-state index contributed by atoms with van der Waals surface area (Å²) in [6, 6.07) is 23.2. The summed E-state index contributed by atoms with van der Waals surface area (Å²) in [5, 5.41) is 10.8. The van der Waals surface area contributed by atoms with Gasteiger partial charge in [0.05, 0.1) is 16.6 Å². The minimum atomic E-state index is -0.110. The molecule has 2 aromatic heterocycles. The quantitative estimate of drug-likeness (QED) is 0.362. The minimum absolute atomic E-state index is 0.110. The monoisotopic (exact) mass is 432 g/mol. The molecule has 30 heavy (non-hydrogen) atoms. The number of fused-ring (bicyclic) bond motifs is 3. The molecule has 3 aromatic carbocycles. The average Bonchev–Trinajstić information content (AvgIpc) is 3.17. The molecule has 0 aliphatic rings. The molecule has 0 fully saturated rings. The second kappa shape index (κ2) is 7.63. The predicted octanol–water partition coefficient (Wildman–Crippen LogP) is 5.29. The van der Waals surface area contributed by atoms with Gasteiger partial charge in [-0.3, -0.25) is 9.20 Å². The van der Waals surface area contributed by atoms with Gasteiger partial charge in [0.25, 0.3) is 5.56 Å². The van der Waals surface area contributed by atoms with Crippen molar-refractivity contribution >= 4 is 40.0 Å². The van der Waals surface area contributed by atoms with Crippen LogP contribution in [0.15, 0.2) is 82.7 Å². The number of benzene rings is 3. The Balaban J connectivity index is 1.71. The largest absolute Gasteiger partial charge is 0.268 e. The summed E-state index contributed by atoms with van der Waals surface area (Å²) in [5.74, 6) is 1.19. The summed E-state index contributed by atoms with van der Waals surface area (Å²) in [4.78, 5) is 13.3. The molecular formula is C23H17ClN4OS. The number of aryl methyl sites for hydroxylation is 1. The van der Waals surface area contributed by atoms with Crippen LogP contribution < -0.4 is 5.56 Å². The van der Waals surface area contributed by atoms with E-state index in [1.165, 1.54) is 0 Å². The van der Waals surface area contributed by atoms with Crippen LogP contribution >= 0.6 is 23.4 Å². The molecule has 0 bridgehead atoms. The molecule has 0 saturated heterocycles. The Morgan fingerprint density at radius 3 is 2.57 bits per heavy atom. The standard InChI is InChI=1S/C23H17ClN4OS/c1-15-9-11-18(12-10-15)27-21(29)19-7-2-3-8-20(19)28-22(27)25-26-23(28)30-14-16-5-4-6-17(24)13-16/h2-13H,14H2,1H3. The van der Waals surface area contributed by atoms with Gasteiger partial charge in [0, 0.05) is 10.8 Å². The zero-order chi connectivity index (χ0) is 20.7. The van der Waals surface area contributed by atoms with E-state index in [4.69, 9.17) is 11.6 Å². The van der Waals surface area contributed by atoms with Crippen molar-refractivity contribution in [2.45, 2.75) is 17.8 Å². The van der Waals surface area contributed by atoms with Crippen molar-refractivity contribution in [1.29, 1.82) is 0 Å². The summed E-state index contributed by atoms with van der Waals surface area (Å²) in [6.45, 7) is 2.02. The molecule has 7 heteroatoms. The highest BCUT2D eigenvalue weighted by Gasteiger charge is 2.17. The summed E-state index contributed by atoms with van der Waals surface area (Å²) in [5.41, 5.74) is 3.67. The van der Waals surface area contributed by atoms with Crippen LogP contribution in [0.4, 0.5) is 0 Å². The molecule has 0 saturated carbocycles. The maximum absolute atomic E-state index is 13.3. The van der Waals surface area contributed by atoms with E-state index in [9.17, 15) is 4.79 Å². The summed E-state index contributed by atoms with van der Waals surface area (Å²) in [6.07, 6.45) is 0. The first-order chi connectivity index (χ1) is 14.6. The zero-order valence-corrected chi connectivity index (χ0v) is 17.7. The Hall–Kier alpha value is -3.09. The van der Waals surface area contributed by atoms with Gasteiger partial charge in [-0.2, -0.15) is 0 Å². The molecule has 0 atom stereocenters. The SMILES string of the molecule is Cc1ccc(-n2c(=O)c3ccccc3n3c(SCc4cccc(Cl)c4)nnc23)cc1. The number of nitrogens with zero attached hydrogens (tertiary/aromatic N) is 4. The molecule has 0 N–H and O–H groups in total. The zero-order valence-electron chi connectivity index (χ0n) is 16.1. The Morgan fingerprint density at radius 2 is 1.77 bits per heavy atom. The number of thioether (sulfide) groups is 1. The third kappa shape index (κ3) is 3.28.